The Morgan fingerprint density at radius 1 is 0.926 bits per heavy atom. The molecule has 3 fully saturated rings. The number of carbonyl (C=O) groups excluding carboxylic acids is 3. The van der Waals surface area contributed by atoms with E-state index in [0.717, 1.165) is 49.4 Å². The Kier molecular flexibility index (Phi) is 12.7. The van der Waals surface area contributed by atoms with Crippen LogP contribution in [0.4, 0.5) is 29.3 Å². The molecule has 54 heavy (non-hydrogen) atoms. The van der Waals surface area contributed by atoms with E-state index in [1.54, 1.807) is 9.80 Å². The minimum atomic E-state index is -4.73. The number of fused-ring (bicyclic) bond motifs is 1. The summed E-state index contributed by atoms with van der Waals surface area (Å²) in [5.41, 5.74) is 6.22. The normalized spacial score (nSPS) is 24.2. The van der Waals surface area contributed by atoms with Crippen LogP contribution in [0.3, 0.4) is 0 Å². The Balaban J connectivity index is 1.13. The van der Waals surface area contributed by atoms with Crippen LogP contribution in [0.25, 0.3) is 0 Å². The molecule has 2 aromatic carbocycles. The first-order valence-electron chi connectivity index (χ1n) is 19.6. The van der Waals surface area contributed by atoms with E-state index in [9.17, 15) is 27.6 Å². The van der Waals surface area contributed by atoms with Crippen molar-refractivity contribution in [3.63, 3.8) is 0 Å². The number of hydrogen-bond acceptors (Lipinski definition) is 6. The number of urea groups is 1. The topological polar surface area (TPSA) is 105 Å². The first kappa shape index (κ1) is 40.1. The molecule has 0 radical (unpaired) electrons. The van der Waals surface area contributed by atoms with Gasteiger partial charge in [-0.05, 0) is 87.7 Å². The van der Waals surface area contributed by atoms with Crippen molar-refractivity contribution in [3.8, 4) is 0 Å². The van der Waals surface area contributed by atoms with Gasteiger partial charge in [0.05, 0.1) is 22.2 Å². The highest BCUT2D eigenvalue weighted by Crippen LogP contribution is 2.39. The molecule has 0 aromatic heterocycles. The minimum Gasteiger partial charge on any atom is -0.397 e. The lowest BCUT2D eigenvalue weighted by Crippen LogP contribution is -2.58. The van der Waals surface area contributed by atoms with Crippen molar-refractivity contribution in [2.24, 2.45) is 5.92 Å². The summed E-state index contributed by atoms with van der Waals surface area (Å²) in [5.74, 6) is -1.34. The Labute approximate surface area is 322 Å². The van der Waals surface area contributed by atoms with E-state index >= 15 is 0 Å². The van der Waals surface area contributed by atoms with E-state index in [0.29, 0.717) is 76.8 Å². The number of halogens is 4. The van der Waals surface area contributed by atoms with E-state index in [2.05, 4.69) is 36.0 Å². The Morgan fingerprint density at radius 3 is 2.20 bits per heavy atom. The van der Waals surface area contributed by atoms with Crippen molar-refractivity contribution in [1.82, 2.24) is 24.5 Å². The summed E-state index contributed by atoms with van der Waals surface area (Å²) < 4.78 is 41.8. The molecule has 3 saturated heterocycles. The number of rotatable bonds is 9. The number of piperidine rings is 2. The highest BCUT2D eigenvalue weighted by molar-refractivity contribution is 6.33. The van der Waals surface area contributed by atoms with Crippen molar-refractivity contribution in [3.05, 3.63) is 58.1 Å². The quantitative estimate of drug-likeness (QED) is 0.288. The minimum absolute atomic E-state index is 0.0421. The molecular formula is C40H55ClF3N7O3. The second kappa shape index (κ2) is 17.1. The molecule has 4 amide bonds. The number of anilines is 2. The zero-order valence-electron chi connectivity index (χ0n) is 31.7. The van der Waals surface area contributed by atoms with Crippen LogP contribution in [0, 0.1) is 5.92 Å². The molecule has 14 heteroatoms. The number of amides is 4. The lowest BCUT2D eigenvalue weighted by Gasteiger charge is -2.48. The van der Waals surface area contributed by atoms with Gasteiger partial charge in [0, 0.05) is 82.1 Å². The van der Waals surface area contributed by atoms with E-state index in [1.165, 1.54) is 6.07 Å². The predicted octanol–water partition coefficient (Wildman–Crippen LogP) is 6.37. The average molecular weight is 774 g/mol. The van der Waals surface area contributed by atoms with E-state index in [-0.39, 0.29) is 47.3 Å². The molecule has 4 aliphatic rings. The SMILES string of the molecule is CCC1CC(N2CCN(C(=O)[C@H](CC(=O)N3CCC(N4CCc5ccccc5NC4=O)CC3)Cc3cc(Cl)c(N)c(C(F)(F)F)c3)CC2)CC(CC)N1C. The summed E-state index contributed by atoms with van der Waals surface area (Å²) in [4.78, 5) is 51.7. The highest BCUT2D eigenvalue weighted by Gasteiger charge is 2.39. The highest BCUT2D eigenvalue weighted by atomic mass is 35.5. The number of alkyl halides is 3. The standard InChI is InChI=1S/C40H55ClF3N7O3/c1-4-29-24-32(25-30(5-2)47(29)3)48-16-18-50(19-17-48)38(53)28(20-26-21-33(40(42,43)44)37(45)34(41)22-26)23-36(52)49-13-11-31(12-14-49)51-15-10-27-8-6-7-9-35(27)46-39(51)54/h6-9,21-22,28-32H,4-5,10-20,23-25,45H2,1-3H3,(H,46,54)/t28-,29?,30?,32?/m0/s1. The molecule has 296 valence electrons. The number of piperazine rings is 1. The Morgan fingerprint density at radius 2 is 1.57 bits per heavy atom. The van der Waals surface area contributed by atoms with Gasteiger partial charge in [-0.25, -0.2) is 4.79 Å². The zero-order valence-corrected chi connectivity index (χ0v) is 32.5. The summed E-state index contributed by atoms with van der Waals surface area (Å²) in [6, 6.07) is 11.4. The fraction of sp³-hybridized carbons (Fsp3) is 0.625. The number of likely N-dealkylation sites (tertiary alicyclic amines) is 2. The Bertz CT molecular complexity index is 1650. The van der Waals surface area contributed by atoms with E-state index in [4.69, 9.17) is 17.3 Å². The summed E-state index contributed by atoms with van der Waals surface area (Å²) in [6.07, 6.45) is 1.30. The van der Waals surface area contributed by atoms with Crippen LogP contribution >= 0.6 is 11.6 Å². The lowest BCUT2D eigenvalue weighted by molar-refractivity contribution is -0.143. The van der Waals surface area contributed by atoms with Crippen LogP contribution in [0.1, 0.15) is 75.5 Å². The zero-order chi connectivity index (χ0) is 38.7. The fourth-order valence-corrected chi connectivity index (χ4v) is 9.43. The van der Waals surface area contributed by atoms with Gasteiger partial charge in [0.15, 0.2) is 0 Å². The van der Waals surface area contributed by atoms with Crippen molar-refractivity contribution < 1.29 is 27.6 Å². The molecule has 4 aliphatic heterocycles. The molecule has 0 bridgehead atoms. The maximum absolute atomic E-state index is 14.3. The average Bonchev–Trinajstić information content (AvgIpc) is 3.33. The van der Waals surface area contributed by atoms with E-state index in [1.807, 2.05) is 29.2 Å². The first-order chi connectivity index (χ1) is 25.8. The van der Waals surface area contributed by atoms with Gasteiger partial charge in [0.1, 0.15) is 0 Å². The molecular weight excluding hydrogens is 719 g/mol. The van der Waals surface area contributed by atoms with Crippen LogP contribution in [0.5, 0.6) is 0 Å². The van der Waals surface area contributed by atoms with Gasteiger partial charge in [-0.15, -0.1) is 0 Å². The van der Waals surface area contributed by atoms with Gasteiger partial charge in [-0.3, -0.25) is 14.5 Å². The largest absolute Gasteiger partial charge is 0.418 e. The smallest absolute Gasteiger partial charge is 0.397 e. The monoisotopic (exact) mass is 773 g/mol. The van der Waals surface area contributed by atoms with E-state index < -0.39 is 23.3 Å². The summed E-state index contributed by atoms with van der Waals surface area (Å²) in [5, 5.41) is 2.79. The van der Waals surface area contributed by atoms with Gasteiger partial charge >= 0.3 is 12.2 Å². The second-order valence-corrected chi connectivity index (χ2v) is 16.0. The molecule has 2 aromatic rings. The summed E-state index contributed by atoms with van der Waals surface area (Å²) >= 11 is 6.19. The molecule has 3 N–H and O–H groups in total. The number of hydrogen-bond donors (Lipinski definition) is 2. The maximum Gasteiger partial charge on any atom is 0.418 e. The van der Waals surface area contributed by atoms with Crippen molar-refractivity contribution in [1.29, 1.82) is 0 Å². The van der Waals surface area contributed by atoms with Gasteiger partial charge in [0.2, 0.25) is 11.8 Å². The van der Waals surface area contributed by atoms with Gasteiger partial charge in [0.25, 0.3) is 0 Å². The van der Waals surface area contributed by atoms with Crippen LogP contribution in [-0.4, -0.2) is 119 Å². The Hall–Kier alpha value is -3.55. The molecule has 4 heterocycles. The molecule has 2 unspecified atom stereocenters. The van der Waals surface area contributed by atoms with Gasteiger partial charge in [-0.2, -0.15) is 13.2 Å². The number of carbonyl (C=O) groups is 3. The molecule has 0 spiro atoms. The van der Waals surface area contributed by atoms with Crippen molar-refractivity contribution in [2.75, 3.05) is 63.9 Å². The third-order valence-electron chi connectivity index (χ3n) is 12.5. The first-order valence-corrected chi connectivity index (χ1v) is 20.0. The van der Waals surface area contributed by atoms with Crippen molar-refractivity contribution in [2.45, 2.75) is 102 Å². The number of nitrogens with one attached hydrogen (secondary N) is 1. The second-order valence-electron chi connectivity index (χ2n) is 15.6. The lowest BCUT2D eigenvalue weighted by atomic mass is 9.88. The molecule has 0 saturated carbocycles. The van der Waals surface area contributed by atoms with Gasteiger partial charge < -0.3 is 30.7 Å². The summed E-state index contributed by atoms with van der Waals surface area (Å²) in [6.45, 7) is 8.28. The fourth-order valence-electron chi connectivity index (χ4n) is 9.19. The molecule has 6 rings (SSSR count). The third kappa shape index (κ3) is 8.94. The number of nitrogens with two attached hydrogens (primary N) is 1. The van der Waals surface area contributed by atoms with Crippen molar-refractivity contribution >= 4 is 40.8 Å². The molecule has 3 atom stereocenters. The van der Waals surface area contributed by atoms with Crippen LogP contribution in [0.15, 0.2) is 36.4 Å². The number of para-hydroxylation sites is 1. The predicted molar refractivity (Wildman–Crippen MR) is 205 cm³/mol. The maximum atomic E-state index is 14.3. The van der Waals surface area contributed by atoms with Gasteiger partial charge in [-0.1, -0.05) is 43.6 Å². The molecule has 10 nitrogen and oxygen atoms in total. The van der Waals surface area contributed by atoms with Crippen LogP contribution < -0.4 is 11.1 Å². The number of nitrogens with zero attached hydrogens (tertiary/aromatic N) is 5. The van der Waals surface area contributed by atoms with Crippen LogP contribution in [0.2, 0.25) is 5.02 Å². The third-order valence-corrected chi connectivity index (χ3v) is 12.8. The number of nitrogen functional groups attached to an aromatic ring is 1. The summed E-state index contributed by atoms with van der Waals surface area (Å²) in [7, 11) is 2.22. The molecule has 0 aliphatic carbocycles. The van der Waals surface area contributed by atoms with Crippen LogP contribution in [-0.2, 0) is 28.6 Å². The number of benzene rings is 2.